The Labute approximate surface area is 246 Å². The highest BCUT2D eigenvalue weighted by Gasteiger charge is 2.52. The molecule has 9 heteroatoms. The first-order chi connectivity index (χ1) is 19.6. The molecule has 1 fully saturated rings. The summed E-state index contributed by atoms with van der Waals surface area (Å²) in [6.45, 7) is 11.1. The summed E-state index contributed by atoms with van der Waals surface area (Å²) >= 11 is 0. The average Bonchev–Trinajstić information content (AvgIpc) is 2.95. The van der Waals surface area contributed by atoms with Crippen molar-refractivity contribution in [1.82, 2.24) is 0 Å². The molecule has 0 aromatic heterocycles. The van der Waals surface area contributed by atoms with Gasteiger partial charge in [0.1, 0.15) is 18.9 Å². The molecule has 0 radical (unpaired) electrons. The summed E-state index contributed by atoms with van der Waals surface area (Å²) in [5, 5.41) is 1.73. The van der Waals surface area contributed by atoms with Crippen molar-refractivity contribution in [2.45, 2.75) is 77.7 Å². The van der Waals surface area contributed by atoms with Crippen molar-refractivity contribution in [2.24, 2.45) is 0 Å². The van der Waals surface area contributed by atoms with Crippen molar-refractivity contribution in [3.8, 4) is 11.8 Å². The molecular formula is C32H45O7PSi. The lowest BCUT2D eigenvalue weighted by molar-refractivity contribution is -0.154. The molecule has 0 N–H and O–H groups in total. The van der Waals surface area contributed by atoms with Crippen LogP contribution in [-0.2, 0) is 32.3 Å². The number of carbonyl (C=O) groups is 1. The number of rotatable bonds is 14. The Bertz CT molecular complexity index is 1130. The predicted octanol–water partition coefficient (Wildman–Crippen LogP) is 5.70. The van der Waals surface area contributed by atoms with E-state index in [4.69, 9.17) is 22.9 Å². The molecule has 0 bridgehead atoms. The number of Topliss-reactive ketones (excluding diaryl/α,β-unsaturated/α-hetero) is 1. The average molecular weight is 601 g/mol. The maximum Gasteiger partial charge on any atom is 0.338 e. The molecular weight excluding hydrogens is 555 g/mol. The zero-order valence-corrected chi connectivity index (χ0v) is 27.0. The maximum atomic E-state index is 13.9. The van der Waals surface area contributed by atoms with Gasteiger partial charge in [-0.1, -0.05) is 93.3 Å². The van der Waals surface area contributed by atoms with Crippen LogP contribution in [-0.4, -0.2) is 59.1 Å². The molecule has 0 saturated carbocycles. The summed E-state index contributed by atoms with van der Waals surface area (Å²) in [6.07, 6.45) is 1.51. The fourth-order valence-electron chi connectivity index (χ4n) is 5.13. The van der Waals surface area contributed by atoms with Crippen molar-refractivity contribution in [1.29, 1.82) is 0 Å². The first-order valence-electron chi connectivity index (χ1n) is 14.5. The van der Waals surface area contributed by atoms with Gasteiger partial charge in [-0.15, -0.1) is 0 Å². The highest BCUT2D eigenvalue weighted by Crippen LogP contribution is 2.48. The molecule has 1 unspecified atom stereocenters. The third-order valence-electron chi connectivity index (χ3n) is 6.99. The number of ether oxygens (including phenoxy) is 2. The largest absolute Gasteiger partial charge is 0.396 e. The Kier molecular flexibility index (Phi) is 13.0. The minimum absolute atomic E-state index is 0.121. The summed E-state index contributed by atoms with van der Waals surface area (Å²) in [5.41, 5.74) is 0. The topological polar surface area (TPSA) is 80.3 Å². The summed E-state index contributed by atoms with van der Waals surface area (Å²) in [6, 6.07) is 20.2. The van der Waals surface area contributed by atoms with Crippen molar-refractivity contribution < 1.29 is 32.3 Å². The zero-order valence-electron chi connectivity index (χ0n) is 25.1. The highest BCUT2D eigenvalue weighted by molar-refractivity contribution is 7.54. The van der Waals surface area contributed by atoms with Gasteiger partial charge in [0.25, 0.3) is 8.32 Å². The van der Waals surface area contributed by atoms with Crippen LogP contribution in [0.25, 0.3) is 0 Å². The molecule has 2 atom stereocenters. The smallest absolute Gasteiger partial charge is 0.338 e. The van der Waals surface area contributed by atoms with Gasteiger partial charge >= 0.3 is 7.60 Å². The third-order valence-corrected chi connectivity index (χ3v) is 14.0. The lowest BCUT2D eigenvalue weighted by atomic mass is 10.2. The monoisotopic (exact) mass is 600 g/mol. The van der Waals surface area contributed by atoms with E-state index in [1.54, 1.807) is 13.8 Å². The minimum atomic E-state index is -3.65. The van der Waals surface area contributed by atoms with Crippen LogP contribution in [0, 0.1) is 11.8 Å². The van der Waals surface area contributed by atoms with Gasteiger partial charge in [0.15, 0.2) is 12.1 Å². The van der Waals surface area contributed by atoms with Crippen molar-refractivity contribution in [3.05, 3.63) is 60.7 Å². The maximum absolute atomic E-state index is 13.9. The predicted molar refractivity (Wildman–Crippen MR) is 165 cm³/mol. The fourth-order valence-corrected chi connectivity index (χ4v) is 11.4. The van der Waals surface area contributed by atoms with Crippen LogP contribution in [0.5, 0.6) is 0 Å². The van der Waals surface area contributed by atoms with Gasteiger partial charge in [0, 0.05) is 13.0 Å². The van der Waals surface area contributed by atoms with Gasteiger partial charge in [0.2, 0.25) is 0 Å². The first-order valence-corrected chi connectivity index (χ1v) is 18.2. The van der Waals surface area contributed by atoms with Gasteiger partial charge in [-0.3, -0.25) is 9.36 Å². The number of benzene rings is 2. The summed E-state index contributed by atoms with van der Waals surface area (Å²) in [5.74, 6) is 5.79. The van der Waals surface area contributed by atoms with E-state index in [2.05, 4.69) is 56.9 Å². The molecule has 41 heavy (non-hydrogen) atoms. The van der Waals surface area contributed by atoms with Crippen molar-refractivity contribution in [3.63, 3.8) is 0 Å². The highest BCUT2D eigenvalue weighted by atomic mass is 31.2. The summed E-state index contributed by atoms with van der Waals surface area (Å²) in [4.78, 5) is 13.9. The molecule has 2 aromatic carbocycles. The summed E-state index contributed by atoms with van der Waals surface area (Å²) in [7, 11) is -6.74. The Balaban J connectivity index is 1.99. The summed E-state index contributed by atoms with van der Waals surface area (Å²) < 4.78 is 42.8. The molecule has 1 saturated heterocycles. The van der Waals surface area contributed by atoms with E-state index in [0.717, 1.165) is 29.6 Å². The van der Waals surface area contributed by atoms with Crippen LogP contribution in [0.4, 0.5) is 0 Å². The lowest BCUT2D eigenvalue weighted by Crippen LogP contribution is -2.68. The van der Waals surface area contributed by atoms with E-state index in [-0.39, 0.29) is 49.5 Å². The molecule has 0 aliphatic carbocycles. The van der Waals surface area contributed by atoms with Gasteiger partial charge in [-0.2, -0.15) is 0 Å². The molecule has 1 heterocycles. The van der Waals surface area contributed by atoms with E-state index in [0.29, 0.717) is 6.61 Å². The second-order valence-electron chi connectivity index (χ2n) is 11.0. The second-order valence-corrected chi connectivity index (χ2v) is 17.3. The number of ketones is 1. The molecule has 1 aliphatic heterocycles. The van der Waals surface area contributed by atoms with E-state index in [9.17, 15) is 9.36 Å². The SMILES string of the molecule is CCOP(=O)(CC(=O)[C@H](CC#CCOC1CCCCO1)O[Si](c1ccccc1)(c1ccccc1)C(C)(C)C)OCC. The van der Waals surface area contributed by atoms with Crippen LogP contribution in [0.1, 0.15) is 60.3 Å². The molecule has 3 rings (SSSR count). The standard InChI is InChI=1S/C32H45O7PSi/c1-6-37-40(34,38-7-2)26-29(33)30(22-14-16-24-35-31-23-15-17-25-36-31)39-41(32(3,4)5,27-18-10-8-11-19-27)28-20-12-9-13-21-28/h8-13,18-21,30-31H,6-7,15,17,22-26H2,1-5H3/t30-,31?/m0/s1. The molecule has 7 nitrogen and oxygen atoms in total. The molecule has 0 amide bonds. The molecule has 2 aromatic rings. The van der Waals surface area contributed by atoms with Crippen LogP contribution in [0.15, 0.2) is 60.7 Å². The second kappa shape index (κ2) is 16.0. The van der Waals surface area contributed by atoms with Gasteiger partial charge in [-0.05, 0) is 48.5 Å². The molecule has 224 valence electrons. The first kappa shape index (κ1) is 33.4. The normalized spacial score (nSPS) is 17.0. The van der Waals surface area contributed by atoms with E-state index in [1.807, 2.05) is 36.4 Å². The van der Waals surface area contributed by atoms with E-state index < -0.39 is 22.0 Å². The third kappa shape index (κ3) is 9.20. The number of carbonyl (C=O) groups excluding carboxylic acids is 1. The van der Waals surface area contributed by atoms with Gasteiger partial charge in [-0.25, -0.2) is 0 Å². The van der Waals surface area contributed by atoms with E-state index in [1.165, 1.54) is 0 Å². The lowest BCUT2D eigenvalue weighted by Gasteiger charge is -2.44. The Morgan fingerprint density at radius 3 is 2.05 bits per heavy atom. The number of hydrogen-bond acceptors (Lipinski definition) is 7. The van der Waals surface area contributed by atoms with Crippen molar-refractivity contribution >= 4 is 32.1 Å². The minimum Gasteiger partial charge on any atom is -0.396 e. The zero-order chi connectivity index (χ0) is 29.8. The van der Waals surface area contributed by atoms with Crippen LogP contribution < -0.4 is 10.4 Å². The quantitative estimate of drug-likeness (QED) is 0.156. The van der Waals surface area contributed by atoms with Crippen molar-refractivity contribution in [2.75, 3.05) is 32.6 Å². The Hall–Kier alpha value is -2.08. The number of hydrogen-bond donors (Lipinski definition) is 0. The van der Waals surface area contributed by atoms with Crippen LogP contribution in [0.2, 0.25) is 5.04 Å². The molecule has 0 spiro atoms. The van der Waals surface area contributed by atoms with Gasteiger partial charge < -0.3 is 22.9 Å². The Morgan fingerprint density at radius 1 is 0.976 bits per heavy atom. The van der Waals surface area contributed by atoms with Gasteiger partial charge in [0.05, 0.1) is 13.2 Å². The van der Waals surface area contributed by atoms with E-state index >= 15 is 0 Å². The molecule has 1 aliphatic rings. The fraction of sp³-hybridized carbons (Fsp3) is 0.531. The van der Waals surface area contributed by atoms with Crippen LogP contribution >= 0.6 is 7.60 Å². The Morgan fingerprint density at radius 2 is 1.56 bits per heavy atom. The van der Waals surface area contributed by atoms with Crippen LogP contribution in [0.3, 0.4) is 0 Å².